The predicted octanol–water partition coefficient (Wildman–Crippen LogP) is -16.4. The number of allylic oxidation sites excluding steroid dienone is 5. The van der Waals surface area contributed by atoms with Crippen molar-refractivity contribution in [1.82, 2.24) is 5.32 Å². The van der Waals surface area contributed by atoms with Crippen molar-refractivity contribution in [1.29, 1.82) is 0 Å². The number of anilines is 2. The van der Waals surface area contributed by atoms with Gasteiger partial charge in [0.05, 0.1) is 67.0 Å². The van der Waals surface area contributed by atoms with Gasteiger partial charge in [-0.05, 0) is 112 Å². The summed E-state index contributed by atoms with van der Waals surface area (Å²) in [7, 11) is 0. The minimum absolute atomic E-state index is 0. The summed E-state index contributed by atoms with van der Waals surface area (Å²) in [5.41, 5.74) is 0.899. The fraction of sp³-hybridized carbons (Fsp3) is 0.196. The van der Waals surface area contributed by atoms with Gasteiger partial charge in [0.25, 0.3) is 5.91 Å². The molecule has 342 valence electrons. The molecule has 1 amide bonds. The van der Waals surface area contributed by atoms with Gasteiger partial charge in [0.2, 0.25) is 5.78 Å². The number of fused-ring (bicyclic) bond motifs is 2. The molecule has 4 aromatic rings. The molecule has 2 aliphatic carbocycles. The average molecular weight is 1100 g/mol. The van der Waals surface area contributed by atoms with Crippen molar-refractivity contribution >= 4 is 58.5 Å². The first-order valence-electron chi connectivity index (χ1n) is 19.6. The first-order valence-corrected chi connectivity index (χ1v) is 19.6. The number of carbonyl (C=O) groups is 7. The fourth-order valence-corrected chi connectivity index (χ4v) is 7.38. The number of nitrogens with zero attached hydrogens (tertiary/aromatic N) is 2. The van der Waals surface area contributed by atoms with E-state index in [-0.39, 0.29) is 345 Å². The minimum atomic E-state index is -1.65. The van der Waals surface area contributed by atoms with E-state index in [9.17, 15) is 73.0 Å². The molecule has 0 heterocycles. The normalized spacial score (nSPS) is 11.9. The molecule has 2 N–H and O–H groups in total. The van der Waals surface area contributed by atoms with E-state index in [2.05, 4.69) is 5.32 Å². The maximum atomic E-state index is 14.7. The summed E-state index contributed by atoms with van der Waals surface area (Å²) in [6, 6.07) is 14.0. The Morgan fingerprint density at radius 2 is 1.23 bits per heavy atom. The quantitative estimate of drug-likeness (QED) is 0.0614. The summed E-state index contributed by atoms with van der Waals surface area (Å²) in [4.78, 5) is 86.3. The van der Waals surface area contributed by atoms with Gasteiger partial charge in [0.15, 0.2) is 5.83 Å². The molecule has 2 aliphatic rings. The zero-order valence-electron chi connectivity index (χ0n) is 39.5. The molecule has 0 aliphatic heterocycles. The van der Waals surface area contributed by atoms with Gasteiger partial charge in [-0.25, -0.2) is 13.6 Å². The number of ether oxygens (including phenoxy) is 2. The molecule has 0 radical (unpaired) electrons. The van der Waals surface area contributed by atoms with Crippen LogP contribution in [0.4, 0.5) is 20.2 Å². The van der Waals surface area contributed by atoms with Gasteiger partial charge in [0, 0.05) is 12.1 Å². The second-order valence-electron chi connectivity index (χ2n) is 14.8. The van der Waals surface area contributed by atoms with Crippen LogP contribution >= 0.6 is 0 Å². The molecule has 6 rings (SSSR count). The molecular formula is C46H34F2K5N3O15. The summed E-state index contributed by atoms with van der Waals surface area (Å²) in [6.07, 6.45) is 1.86. The van der Waals surface area contributed by atoms with Crippen molar-refractivity contribution in [3.63, 3.8) is 0 Å². The number of hydrogen-bond acceptors (Lipinski definition) is 16. The van der Waals surface area contributed by atoms with Crippen LogP contribution in [0.2, 0.25) is 0 Å². The third-order valence-electron chi connectivity index (χ3n) is 10.2. The molecule has 0 spiro atoms. The van der Waals surface area contributed by atoms with Gasteiger partial charge < -0.3 is 74.4 Å². The molecule has 25 heteroatoms. The summed E-state index contributed by atoms with van der Waals surface area (Å²) in [6.45, 7) is -2.68. The Bertz CT molecular complexity index is 2790. The molecule has 0 saturated carbocycles. The average Bonchev–Trinajstić information content (AvgIpc) is 3.23. The van der Waals surface area contributed by atoms with Crippen molar-refractivity contribution in [3.05, 3.63) is 141 Å². The summed E-state index contributed by atoms with van der Waals surface area (Å²) < 4.78 is 41.1. The number of carboxylic acids is 5. The Labute approximate surface area is 617 Å². The Morgan fingerprint density at radius 1 is 0.690 bits per heavy atom. The van der Waals surface area contributed by atoms with Crippen molar-refractivity contribution in [2.45, 2.75) is 19.9 Å². The SMILES string of the molecule is Cc1ccc(N(CC(=O)[O-])CC(=O)[O-])c(OCCOc2cc(CNC(=O)c3ccc(C4=C5C=C(F)C(=O)C=C5Cc5cc([O-])c(F)cc54)c(C(=O)O)c3)ccc2N(CC(=O)[O-])CC(=O)[O-])c1.[K+].[K+].[K+].[K+].[K+]. The molecular weight excluding hydrogens is 1070 g/mol. The number of carboxylic acid groups (broad SMARTS) is 5. The zero-order chi connectivity index (χ0) is 48.0. The van der Waals surface area contributed by atoms with E-state index in [1.54, 1.807) is 13.0 Å². The van der Waals surface area contributed by atoms with E-state index >= 15 is 0 Å². The van der Waals surface area contributed by atoms with Crippen LogP contribution in [0.1, 0.15) is 48.5 Å². The first-order chi connectivity index (χ1) is 31.3. The van der Waals surface area contributed by atoms with Crippen LogP contribution in [0.25, 0.3) is 5.57 Å². The molecule has 0 saturated heterocycles. The van der Waals surface area contributed by atoms with Crippen LogP contribution in [0.3, 0.4) is 0 Å². The van der Waals surface area contributed by atoms with E-state index in [0.29, 0.717) is 11.1 Å². The second kappa shape index (κ2) is 31.8. The predicted molar refractivity (Wildman–Crippen MR) is 215 cm³/mol. The van der Waals surface area contributed by atoms with Crippen molar-refractivity contribution in [2.24, 2.45) is 0 Å². The number of ketones is 1. The van der Waals surface area contributed by atoms with Gasteiger partial charge in [-0.2, -0.15) is 0 Å². The minimum Gasteiger partial charge on any atom is -0.870 e. The third-order valence-corrected chi connectivity index (χ3v) is 10.2. The number of carbonyl (C=O) groups excluding carboxylic acids is 6. The number of rotatable bonds is 20. The standard InChI is InChI=1S/C46H39F2N3O15.5K/c1-23-2-6-34(50(19-40(54)55)20-41(56)57)38(10-23)65-8-9-66-39-11-24(3-7-35(39)51(21-42(58)59)22-43(60)61)18-49-45(62)25-4-5-28(31(13-25)46(63)64)44-29-16-32(47)36(52)14-26(29)12-27-15-37(53)33(48)17-30(27)44;;;;;/h2-7,10-11,13-17,52H,8-9,12,18-22H2,1H3,(H,49,62)(H,54,55)(H,56,57)(H,58,59)(H,60,61)(H,63,64);;;;;/q;5*+1/p-5. The van der Waals surface area contributed by atoms with Crippen LogP contribution in [-0.4, -0.2) is 86.0 Å². The summed E-state index contributed by atoms with van der Waals surface area (Å²) >= 11 is 0. The van der Waals surface area contributed by atoms with Crippen molar-refractivity contribution in [3.8, 4) is 17.2 Å². The molecule has 4 aromatic carbocycles. The summed E-state index contributed by atoms with van der Waals surface area (Å²) in [5.74, 6) is -13.1. The van der Waals surface area contributed by atoms with Crippen LogP contribution < -0.4 is 307 Å². The maximum absolute atomic E-state index is 14.7. The number of aliphatic carboxylic acids is 4. The third kappa shape index (κ3) is 18.7. The van der Waals surface area contributed by atoms with E-state index in [1.807, 2.05) is 0 Å². The van der Waals surface area contributed by atoms with Crippen LogP contribution in [0, 0.1) is 12.7 Å². The van der Waals surface area contributed by atoms with E-state index in [4.69, 9.17) is 9.47 Å². The number of nitrogens with one attached hydrogen (secondary N) is 1. The van der Waals surface area contributed by atoms with E-state index in [1.165, 1.54) is 42.5 Å². The monoisotopic (exact) mass is 1100 g/mol. The largest absolute Gasteiger partial charge is 1.00 e. The van der Waals surface area contributed by atoms with Gasteiger partial charge in [-0.15, -0.1) is 0 Å². The Kier molecular flexibility index (Phi) is 30.7. The Morgan fingerprint density at radius 3 is 1.76 bits per heavy atom. The topological polar surface area (TPSA) is 292 Å². The number of hydrogen-bond donors (Lipinski definition) is 2. The Balaban J connectivity index is 0.00000504. The van der Waals surface area contributed by atoms with Gasteiger partial charge in [-0.3, -0.25) is 9.59 Å². The molecule has 0 fully saturated rings. The molecule has 0 unspecified atom stereocenters. The Hall–Kier alpha value is -0.368. The molecule has 0 atom stereocenters. The first kappa shape index (κ1) is 68.6. The molecule has 18 nitrogen and oxygen atoms in total. The van der Waals surface area contributed by atoms with E-state index < -0.39 is 90.7 Å². The smallest absolute Gasteiger partial charge is 0.870 e. The second-order valence-corrected chi connectivity index (χ2v) is 14.8. The van der Waals surface area contributed by atoms with Crippen molar-refractivity contribution < 1.29 is 339 Å². The molecule has 0 bridgehead atoms. The number of aryl methyl sites for hydroxylation is 1. The number of benzene rings is 4. The maximum Gasteiger partial charge on any atom is 1.00 e. The number of aromatic carboxylic acids is 1. The zero-order valence-corrected chi connectivity index (χ0v) is 55.1. The number of amides is 1. The van der Waals surface area contributed by atoms with E-state index in [0.717, 1.165) is 40.2 Å². The van der Waals surface area contributed by atoms with Crippen molar-refractivity contribution in [2.75, 3.05) is 49.2 Å². The molecule has 0 aromatic heterocycles. The van der Waals surface area contributed by atoms with Gasteiger partial charge >= 0.3 is 263 Å². The van der Waals surface area contributed by atoms with Crippen LogP contribution in [0.15, 0.2) is 95.9 Å². The fourth-order valence-electron chi connectivity index (χ4n) is 7.38. The van der Waals surface area contributed by atoms with Gasteiger partial charge in [0.1, 0.15) is 30.5 Å². The molecule has 71 heavy (non-hydrogen) atoms. The van der Waals surface area contributed by atoms with Crippen LogP contribution in [-0.2, 0) is 36.9 Å². The van der Waals surface area contributed by atoms with Crippen LogP contribution in [0.5, 0.6) is 17.2 Å². The van der Waals surface area contributed by atoms with Gasteiger partial charge in [-0.1, -0.05) is 30.0 Å². The number of halogens is 2. The summed E-state index contributed by atoms with van der Waals surface area (Å²) in [5, 5.41) is 71.1.